The van der Waals surface area contributed by atoms with Crippen molar-refractivity contribution in [3.05, 3.63) is 84.3 Å². The first-order valence-corrected chi connectivity index (χ1v) is 22.0. The van der Waals surface area contributed by atoms with Crippen LogP contribution in [0, 0.1) is 5.92 Å². The molecule has 4 fully saturated rings. The normalized spacial score (nSPS) is 26.7. The molecule has 3 N–H and O–H groups in total. The highest BCUT2D eigenvalue weighted by molar-refractivity contribution is 7.91. The molecule has 6 atom stereocenters. The summed E-state index contributed by atoms with van der Waals surface area (Å²) >= 11 is 1.45. The predicted molar refractivity (Wildman–Crippen MR) is 212 cm³/mol. The number of amides is 4. The second-order valence-electron chi connectivity index (χ2n) is 15.5. The van der Waals surface area contributed by atoms with Gasteiger partial charge in [0.15, 0.2) is 0 Å². The summed E-state index contributed by atoms with van der Waals surface area (Å²) in [6.45, 7) is 3.55. The smallest absolute Gasteiger partial charge is 0.408 e. The van der Waals surface area contributed by atoms with Gasteiger partial charge in [-0.05, 0) is 74.6 Å². The Balaban J connectivity index is 1.10. The molecule has 0 spiro atoms. The number of thiophene rings is 1. The minimum atomic E-state index is -3.94. The van der Waals surface area contributed by atoms with Crippen LogP contribution < -0.4 is 24.8 Å². The molecular formula is C41H42N6O9S2. The Morgan fingerprint density at radius 3 is 2.43 bits per heavy atom. The van der Waals surface area contributed by atoms with E-state index >= 15 is 0 Å². The topological polar surface area (TPSA) is 195 Å². The fraction of sp³-hybridized carbons (Fsp3) is 0.415. The van der Waals surface area contributed by atoms with Crippen molar-refractivity contribution in [3.8, 4) is 22.2 Å². The van der Waals surface area contributed by atoms with Gasteiger partial charge in [0, 0.05) is 17.9 Å². The van der Waals surface area contributed by atoms with Crippen LogP contribution in [0.15, 0.2) is 78.7 Å². The number of carbonyl (C=O) groups excluding carboxylic acids is 4. The number of para-hydroxylation sites is 3. The predicted octanol–water partition coefficient (Wildman–Crippen LogP) is 4.55. The maximum absolute atomic E-state index is 14.9. The van der Waals surface area contributed by atoms with E-state index in [2.05, 4.69) is 21.9 Å². The summed E-state index contributed by atoms with van der Waals surface area (Å²) in [5, 5.41) is 6.79. The van der Waals surface area contributed by atoms with Gasteiger partial charge in [0.1, 0.15) is 47.9 Å². The van der Waals surface area contributed by atoms with E-state index in [0.717, 1.165) is 30.6 Å². The maximum Gasteiger partial charge on any atom is 0.408 e. The Morgan fingerprint density at radius 2 is 1.72 bits per heavy atom. The molecule has 5 aliphatic rings. The van der Waals surface area contributed by atoms with Crippen molar-refractivity contribution in [2.45, 2.75) is 92.5 Å². The van der Waals surface area contributed by atoms with Crippen LogP contribution in [0.5, 0.6) is 11.6 Å². The molecule has 2 aromatic heterocycles. The van der Waals surface area contributed by atoms with E-state index in [1.54, 1.807) is 24.3 Å². The molecule has 4 aromatic rings. The van der Waals surface area contributed by atoms with E-state index in [1.165, 1.54) is 22.3 Å². The molecule has 302 valence electrons. The quantitative estimate of drug-likeness (QED) is 0.180. The van der Waals surface area contributed by atoms with Crippen LogP contribution in [0.4, 0.5) is 4.79 Å². The van der Waals surface area contributed by atoms with Gasteiger partial charge in [-0.25, -0.2) is 23.2 Å². The highest BCUT2D eigenvalue weighted by atomic mass is 32.2. The molecule has 1 saturated heterocycles. The molecule has 3 saturated carbocycles. The molecule has 17 heteroatoms. The molecule has 3 unspecified atom stereocenters. The fourth-order valence-electron chi connectivity index (χ4n) is 8.34. The second-order valence-corrected chi connectivity index (χ2v) is 18.4. The van der Waals surface area contributed by atoms with Crippen molar-refractivity contribution in [1.82, 2.24) is 30.2 Å². The molecular weight excluding hydrogens is 785 g/mol. The van der Waals surface area contributed by atoms with Crippen LogP contribution in [0.25, 0.3) is 21.6 Å². The van der Waals surface area contributed by atoms with E-state index in [-0.39, 0.29) is 31.4 Å². The van der Waals surface area contributed by atoms with Gasteiger partial charge in [-0.1, -0.05) is 42.5 Å². The van der Waals surface area contributed by atoms with Crippen LogP contribution in [-0.4, -0.2) is 88.8 Å². The van der Waals surface area contributed by atoms with Gasteiger partial charge in [0.05, 0.1) is 27.2 Å². The fourth-order valence-corrected chi connectivity index (χ4v) is 10.4. The number of hydrogen-bond acceptors (Lipinski definition) is 12. The lowest BCUT2D eigenvalue weighted by Gasteiger charge is -2.37. The molecule has 4 amide bonds. The van der Waals surface area contributed by atoms with Crippen molar-refractivity contribution >= 4 is 56.2 Å². The number of nitrogens with zero attached hydrogens (tertiary/aromatic N) is 3. The molecule has 2 aliphatic heterocycles. The first kappa shape index (κ1) is 38.0. The number of aromatic nitrogens is 2. The summed E-state index contributed by atoms with van der Waals surface area (Å²) < 4.78 is 46.7. The van der Waals surface area contributed by atoms with Crippen molar-refractivity contribution in [3.63, 3.8) is 0 Å². The number of rotatable bonds is 11. The van der Waals surface area contributed by atoms with E-state index in [4.69, 9.17) is 24.2 Å². The van der Waals surface area contributed by atoms with Crippen LogP contribution >= 0.6 is 11.3 Å². The van der Waals surface area contributed by atoms with Gasteiger partial charge in [0.25, 0.3) is 5.91 Å². The summed E-state index contributed by atoms with van der Waals surface area (Å²) in [5.41, 5.74) is 0.635. The standard InChI is InChI=1S/C41H42N6O9S2/c1-2-23-21-41(23,39(50)46-58(52,53)25-17-18-25)45-36(48)30-20-32(56-37-34(33-16-9-19-57-33)42-27-13-6-7-14-28(27)43-37)35-26-12-5-8-15-31(26)54-22-29(38(49)47(30)35)44-40(51)55-24-10-3-4-11-24/h2,5-9,12-16,19,23-25,29-30,32,35H,1,3-4,10-11,17-18,20-22H2,(H,44,51)(H,45,48)(H,46,50)/t23-,29?,30+,32-,35?,41?/m1/s1. The summed E-state index contributed by atoms with van der Waals surface area (Å²) in [6.07, 6.45) is 3.75. The average Bonchev–Trinajstić information content (AvgIpc) is 3.99. The van der Waals surface area contributed by atoms with E-state index in [9.17, 15) is 27.6 Å². The van der Waals surface area contributed by atoms with Gasteiger partial charge in [-0.3, -0.25) is 19.1 Å². The lowest BCUT2D eigenvalue weighted by Crippen LogP contribution is -2.59. The van der Waals surface area contributed by atoms with Gasteiger partial charge in [-0.2, -0.15) is 0 Å². The number of fused-ring (bicyclic) bond motifs is 4. The molecule has 0 radical (unpaired) electrons. The Labute approximate surface area is 338 Å². The Hall–Kier alpha value is -5.55. The lowest BCUT2D eigenvalue weighted by molar-refractivity contribution is -0.144. The van der Waals surface area contributed by atoms with Crippen LogP contribution in [-0.2, 0) is 29.1 Å². The summed E-state index contributed by atoms with van der Waals surface area (Å²) in [7, 11) is -3.94. The Bertz CT molecular complexity index is 2400. The van der Waals surface area contributed by atoms with Gasteiger partial charge in [0.2, 0.25) is 27.7 Å². The number of alkyl carbamates (subject to hydrolysis) is 1. The van der Waals surface area contributed by atoms with Crippen molar-refractivity contribution in [2.24, 2.45) is 5.92 Å². The van der Waals surface area contributed by atoms with Crippen LogP contribution in [0.1, 0.15) is 63.0 Å². The number of nitrogens with one attached hydrogen (secondary N) is 3. The third-order valence-electron chi connectivity index (χ3n) is 11.6. The highest BCUT2D eigenvalue weighted by Crippen LogP contribution is 2.48. The second kappa shape index (κ2) is 15.0. The zero-order valence-electron chi connectivity index (χ0n) is 31.4. The molecule has 0 bridgehead atoms. The number of carbonyl (C=O) groups is 4. The van der Waals surface area contributed by atoms with E-state index in [1.807, 2.05) is 41.8 Å². The molecule has 58 heavy (non-hydrogen) atoms. The zero-order valence-corrected chi connectivity index (χ0v) is 33.0. The first-order valence-electron chi connectivity index (χ1n) is 19.5. The van der Waals surface area contributed by atoms with E-state index < -0.39 is 74.8 Å². The molecule has 2 aromatic carbocycles. The summed E-state index contributed by atoms with van der Waals surface area (Å²) in [4.78, 5) is 68.7. The SMILES string of the molecule is C=C[C@@H]1CC1(NC(=O)[C@@H]1C[C@@H](Oc2nc3ccccc3nc2-c2cccs2)C2c3ccccc3OCC(NC(=O)OC3CCCC3)C(=O)N21)C(=O)NS(=O)(=O)C1CC1. The summed E-state index contributed by atoms with van der Waals surface area (Å²) in [5.74, 6) is -2.17. The number of benzene rings is 2. The van der Waals surface area contributed by atoms with Gasteiger partial charge in [-0.15, -0.1) is 17.9 Å². The Morgan fingerprint density at radius 1 is 0.983 bits per heavy atom. The minimum Gasteiger partial charge on any atom is -0.491 e. The summed E-state index contributed by atoms with van der Waals surface area (Å²) in [6, 6.07) is 14.8. The minimum absolute atomic E-state index is 0.0783. The largest absolute Gasteiger partial charge is 0.491 e. The monoisotopic (exact) mass is 826 g/mol. The van der Waals surface area contributed by atoms with Crippen LogP contribution in [0.2, 0.25) is 0 Å². The van der Waals surface area contributed by atoms with Crippen molar-refractivity contribution in [1.29, 1.82) is 0 Å². The third-order valence-corrected chi connectivity index (χ3v) is 14.3. The molecule has 3 aliphatic carbocycles. The third kappa shape index (κ3) is 7.14. The first-order chi connectivity index (χ1) is 28.0. The van der Waals surface area contributed by atoms with Crippen LogP contribution in [0.3, 0.4) is 0 Å². The zero-order chi connectivity index (χ0) is 40.2. The van der Waals surface area contributed by atoms with Gasteiger partial charge >= 0.3 is 6.09 Å². The molecule has 9 rings (SSSR count). The van der Waals surface area contributed by atoms with Gasteiger partial charge < -0.3 is 29.7 Å². The van der Waals surface area contributed by atoms with Crippen molar-refractivity contribution in [2.75, 3.05) is 6.61 Å². The van der Waals surface area contributed by atoms with Crippen molar-refractivity contribution < 1.29 is 41.8 Å². The molecule has 4 heterocycles. The Kier molecular flexibility index (Phi) is 9.82. The average molecular weight is 827 g/mol. The lowest BCUT2D eigenvalue weighted by atomic mass is 9.99. The highest BCUT2D eigenvalue weighted by Gasteiger charge is 2.63. The number of sulfonamides is 1. The molecule has 15 nitrogen and oxygen atoms in total. The van der Waals surface area contributed by atoms with E-state index in [0.29, 0.717) is 40.9 Å². The number of ether oxygens (including phenoxy) is 3. The number of hydrogen-bond donors (Lipinski definition) is 3. The maximum atomic E-state index is 14.9.